The summed E-state index contributed by atoms with van der Waals surface area (Å²) < 4.78 is 4.94. The van der Waals surface area contributed by atoms with Crippen molar-refractivity contribution in [2.45, 2.75) is 26.4 Å². The van der Waals surface area contributed by atoms with E-state index in [0.29, 0.717) is 24.6 Å². The van der Waals surface area contributed by atoms with Crippen molar-refractivity contribution in [1.29, 1.82) is 0 Å². The fourth-order valence-corrected chi connectivity index (χ4v) is 2.92. The third-order valence-electron chi connectivity index (χ3n) is 3.99. The van der Waals surface area contributed by atoms with Crippen LogP contribution in [0.5, 0.6) is 0 Å². The highest BCUT2D eigenvalue weighted by molar-refractivity contribution is 6.02. The van der Waals surface area contributed by atoms with Gasteiger partial charge in [-0.2, -0.15) is 0 Å². The van der Waals surface area contributed by atoms with Crippen LogP contribution in [-0.4, -0.2) is 37.1 Å². The highest BCUT2D eigenvalue weighted by atomic mass is 16.6. The number of carbonyl (C=O) groups excluding carboxylic acids is 3. The van der Waals surface area contributed by atoms with E-state index in [1.807, 2.05) is 6.07 Å². The normalized spacial score (nSPS) is 19.4. The highest BCUT2D eigenvalue weighted by Crippen LogP contribution is 2.34. The molecule has 8 nitrogen and oxygen atoms in total. The summed E-state index contributed by atoms with van der Waals surface area (Å²) >= 11 is 0. The Morgan fingerprint density at radius 1 is 1.38 bits per heavy atom. The van der Waals surface area contributed by atoms with Crippen LogP contribution < -0.4 is 21.7 Å². The van der Waals surface area contributed by atoms with Crippen LogP contribution in [0.25, 0.3) is 0 Å². The van der Waals surface area contributed by atoms with E-state index < -0.39 is 18.1 Å². The number of amides is 3. The minimum atomic E-state index is -0.935. The van der Waals surface area contributed by atoms with Crippen LogP contribution in [-0.2, 0) is 20.7 Å². The first kappa shape index (κ1) is 17.7. The van der Waals surface area contributed by atoms with Gasteiger partial charge in [0.05, 0.1) is 13.0 Å². The van der Waals surface area contributed by atoms with Crippen LogP contribution in [0.4, 0.5) is 16.2 Å². The molecule has 0 aliphatic carbocycles. The largest absolute Gasteiger partial charge is 0.434 e. The van der Waals surface area contributed by atoms with Gasteiger partial charge in [0.1, 0.15) is 0 Å². The molecule has 0 bridgehead atoms. The molecule has 8 heteroatoms. The van der Waals surface area contributed by atoms with Gasteiger partial charge in [-0.15, -0.1) is 0 Å². The molecule has 0 aromatic heterocycles. The summed E-state index contributed by atoms with van der Waals surface area (Å²) in [6.45, 7) is 4.88. The third-order valence-corrected chi connectivity index (χ3v) is 3.99. The van der Waals surface area contributed by atoms with Crippen molar-refractivity contribution in [3.8, 4) is 0 Å². The summed E-state index contributed by atoms with van der Waals surface area (Å²) in [7, 11) is 0. The molecule has 0 saturated carbocycles. The molecule has 2 aliphatic rings. The van der Waals surface area contributed by atoms with E-state index in [2.05, 4.69) is 13.8 Å². The van der Waals surface area contributed by atoms with E-state index >= 15 is 0 Å². The van der Waals surface area contributed by atoms with Gasteiger partial charge < -0.3 is 21.5 Å². The molecule has 2 heterocycles. The van der Waals surface area contributed by atoms with Gasteiger partial charge in [-0.05, 0) is 29.7 Å². The second-order valence-electron chi connectivity index (χ2n) is 6.27. The van der Waals surface area contributed by atoms with Gasteiger partial charge in [-0.1, -0.05) is 13.8 Å². The van der Waals surface area contributed by atoms with Gasteiger partial charge in [-0.25, -0.2) is 4.79 Å². The molecule has 0 unspecified atom stereocenters. The minimum Gasteiger partial charge on any atom is -0.434 e. The number of carbonyl (C=O) groups is 3. The van der Waals surface area contributed by atoms with Gasteiger partial charge in [-0.3, -0.25) is 14.5 Å². The van der Waals surface area contributed by atoms with E-state index in [-0.39, 0.29) is 18.6 Å². The van der Waals surface area contributed by atoms with Crippen LogP contribution in [0.3, 0.4) is 0 Å². The monoisotopic (exact) mass is 334 g/mol. The van der Waals surface area contributed by atoms with Crippen LogP contribution in [0.15, 0.2) is 18.2 Å². The molecule has 5 N–H and O–H groups in total. The molecule has 3 rings (SSSR count). The first-order valence-electron chi connectivity index (χ1n) is 7.57. The van der Waals surface area contributed by atoms with Gasteiger partial charge in [0.25, 0.3) is 5.91 Å². The SMILES string of the molecule is CC(C)CN1C(=O)Cc2cc(N3C[C@H](C(N)=O)OC3=O)ccc21.N. The van der Waals surface area contributed by atoms with Gasteiger partial charge in [0.2, 0.25) is 5.91 Å². The first-order chi connectivity index (χ1) is 10.9. The summed E-state index contributed by atoms with van der Waals surface area (Å²) in [5.74, 6) is -0.236. The number of primary amides is 1. The number of nitrogens with two attached hydrogens (primary N) is 1. The third kappa shape index (κ3) is 3.05. The van der Waals surface area contributed by atoms with Gasteiger partial charge >= 0.3 is 6.09 Å². The van der Waals surface area contributed by atoms with E-state index in [1.54, 1.807) is 17.0 Å². The Hall–Kier alpha value is -2.61. The maximum atomic E-state index is 12.2. The Kier molecular flexibility index (Phi) is 4.79. The highest BCUT2D eigenvalue weighted by Gasteiger charge is 2.37. The Labute approximate surface area is 140 Å². The number of hydrogen-bond acceptors (Lipinski definition) is 5. The molecule has 0 radical (unpaired) electrons. The molecule has 1 aromatic rings. The van der Waals surface area contributed by atoms with Crippen molar-refractivity contribution in [3.63, 3.8) is 0 Å². The summed E-state index contributed by atoms with van der Waals surface area (Å²) in [5.41, 5.74) is 7.55. The summed E-state index contributed by atoms with van der Waals surface area (Å²) in [6.07, 6.45) is -1.22. The maximum absolute atomic E-state index is 12.2. The molecule has 1 saturated heterocycles. The van der Waals surface area contributed by atoms with E-state index in [1.165, 1.54) is 4.90 Å². The van der Waals surface area contributed by atoms with Crippen molar-refractivity contribution in [2.24, 2.45) is 11.7 Å². The molecular weight excluding hydrogens is 312 g/mol. The molecule has 1 fully saturated rings. The summed E-state index contributed by atoms with van der Waals surface area (Å²) in [5, 5.41) is 0. The molecule has 24 heavy (non-hydrogen) atoms. The number of benzene rings is 1. The second-order valence-corrected chi connectivity index (χ2v) is 6.27. The number of anilines is 2. The number of cyclic esters (lactones) is 1. The number of rotatable bonds is 4. The molecule has 2 aliphatic heterocycles. The molecule has 1 aromatic carbocycles. The van der Waals surface area contributed by atoms with E-state index in [4.69, 9.17) is 10.5 Å². The predicted molar refractivity (Wildman–Crippen MR) is 89.2 cm³/mol. The van der Waals surface area contributed by atoms with Crippen molar-refractivity contribution in [1.82, 2.24) is 6.15 Å². The van der Waals surface area contributed by atoms with Crippen LogP contribution in [0.2, 0.25) is 0 Å². The zero-order chi connectivity index (χ0) is 16.7. The van der Waals surface area contributed by atoms with Gasteiger partial charge in [0, 0.05) is 17.9 Å². The standard InChI is InChI=1S/C16H19N3O4.H3N/c1-9(2)7-19-12-4-3-11(5-10(12)6-14(19)20)18-8-13(15(17)21)23-16(18)22;/h3-5,9,13H,6-8H2,1-2H3,(H2,17,21);1H3/t13-;/m1./s1. The van der Waals surface area contributed by atoms with E-state index in [0.717, 1.165) is 11.3 Å². The van der Waals surface area contributed by atoms with Crippen molar-refractivity contribution >= 4 is 29.3 Å². The second kappa shape index (κ2) is 6.48. The van der Waals surface area contributed by atoms with Crippen LogP contribution in [0, 0.1) is 5.92 Å². The lowest BCUT2D eigenvalue weighted by molar-refractivity contribution is -0.124. The molecule has 130 valence electrons. The Morgan fingerprint density at radius 2 is 2.08 bits per heavy atom. The minimum absolute atomic E-state index is 0. The number of fused-ring (bicyclic) bond motifs is 1. The lowest BCUT2D eigenvalue weighted by Gasteiger charge is -2.20. The molecular formula is C16H22N4O4. The fraction of sp³-hybridized carbons (Fsp3) is 0.438. The lowest BCUT2D eigenvalue weighted by atomic mass is 10.1. The van der Waals surface area contributed by atoms with Crippen molar-refractivity contribution < 1.29 is 19.1 Å². The first-order valence-corrected chi connectivity index (χ1v) is 7.57. The molecule has 0 spiro atoms. The smallest absolute Gasteiger partial charge is 0.415 e. The predicted octanol–water partition coefficient (Wildman–Crippen LogP) is 1.20. The number of nitrogens with zero attached hydrogens (tertiary/aromatic N) is 2. The number of ether oxygens (including phenoxy) is 1. The average molecular weight is 334 g/mol. The lowest BCUT2D eigenvalue weighted by Crippen LogP contribution is -2.32. The molecule has 3 amide bonds. The molecule has 1 atom stereocenters. The van der Waals surface area contributed by atoms with Crippen LogP contribution >= 0.6 is 0 Å². The maximum Gasteiger partial charge on any atom is 0.415 e. The topological polar surface area (TPSA) is 128 Å². The Morgan fingerprint density at radius 3 is 2.67 bits per heavy atom. The quantitative estimate of drug-likeness (QED) is 0.855. The van der Waals surface area contributed by atoms with Crippen molar-refractivity contribution in [2.75, 3.05) is 22.9 Å². The zero-order valence-electron chi connectivity index (χ0n) is 13.8. The summed E-state index contributed by atoms with van der Waals surface area (Å²) in [4.78, 5) is 38.4. The van der Waals surface area contributed by atoms with Crippen LogP contribution in [0.1, 0.15) is 19.4 Å². The zero-order valence-corrected chi connectivity index (χ0v) is 13.8. The Bertz CT molecular complexity index is 689. The average Bonchev–Trinajstić information content (AvgIpc) is 2.99. The Balaban J connectivity index is 0.00000208. The number of hydrogen-bond donors (Lipinski definition) is 2. The van der Waals surface area contributed by atoms with Gasteiger partial charge in [0.15, 0.2) is 6.10 Å². The van der Waals surface area contributed by atoms with Crippen molar-refractivity contribution in [3.05, 3.63) is 23.8 Å². The fourth-order valence-electron chi connectivity index (χ4n) is 2.92. The summed E-state index contributed by atoms with van der Waals surface area (Å²) in [6, 6.07) is 5.40. The van der Waals surface area contributed by atoms with E-state index in [9.17, 15) is 14.4 Å².